The molecule has 0 spiro atoms. The molecule has 17 heavy (non-hydrogen) atoms. The van der Waals surface area contributed by atoms with Gasteiger partial charge in [0.05, 0.1) is 0 Å². The van der Waals surface area contributed by atoms with Crippen LogP contribution in [0.3, 0.4) is 0 Å². The van der Waals surface area contributed by atoms with Crippen molar-refractivity contribution >= 4 is 42.4 Å². The molecule has 1 aliphatic heterocycles. The first-order chi connectivity index (χ1) is 7.25. The number of carbonyl (C=O) groups is 1. The van der Waals surface area contributed by atoms with Gasteiger partial charge >= 0.3 is 108 Å². The molecule has 1 saturated heterocycles. The van der Waals surface area contributed by atoms with E-state index in [1.165, 1.54) is 17.3 Å². The minimum absolute atomic E-state index is 1.09. The Morgan fingerprint density at radius 3 is 1.65 bits per heavy atom. The molecule has 100 valence electrons. The zero-order chi connectivity index (χ0) is 13.9. The number of hydrogen-bond acceptors (Lipinski definition) is 2. The molecular weight excluding hydrogens is 348 g/mol. The average Bonchev–Trinajstić information content (AvgIpc) is 1.89. The Hall–Kier alpha value is 0.313. The summed E-state index contributed by atoms with van der Waals surface area (Å²) < 4.78 is 55.3. The third-order valence-electron chi connectivity index (χ3n) is 2.61. The van der Waals surface area contributed by atoms with Crippen molar-refractivity contribution < 1.29 is 27.1 Å². The molecule has 0 aromatic carbocycles. The first kappa shape index (κ1) is 15.4. The zero-order valence-electron chi connectivity index (χ0n) is 9.16. The van der Waals surface area contributed by atoms with Crippen LogP contribution in [0.25, 0.3) is 0 Å². The SMILES string of the molecule is [CH3][Ge]([CH3])([CH3])[CH]1C(=O)OC1(C(F)(F)Cl)C(F)(F)Cl. The molecule has 1 aliphatic rings. The molecule has 1 rings (SSSR count). The topological polar surface area (TPSA) is 26.3 Å². The van der Waals surface area contributed by atoms with Gasteiger partial charge in [0, 0.05) is 0 Å². The quantitative estimate of drug-likeness (QED) is 0.333. The first-order valence-corrected chi connectivity index (χ1v) is 12.9. The molecule has 0 aromatic rings. The van der Waals surface area contributed by atoms with Gasteiger partial charge in [0.2, 0.25) is 0 Å². The summed E-state index contributed by atoms with van der Waals surface area (Å²) in [5, 5.41) is -8.84. The van der Waals surface area contributed by atoms with Gasteiger partial charge in [0.1, 0.15) is 0 Å². The van der Waals surface area contributed by atoms with Crippen LogP contribution >= 0.6 is 23.2 Å². The molecule has 0 saturated carbocycles. The number of alkyl halides is 6. The Morgan fingerprint density at radius 1 is 1.18 bits per heavy atom. The molecule has 2 nitrogen and oxygen atoms in total. The first-order valence-electron chi connectivity index (χ1n) is 4.61. The second-order valence-corrected chi connectivity index (χ2v) is 17.0. The number of hydrogen-bond donors (Lipinski definition) is 0. The second kappa shape index (κ2) is 3.90. The van der Waals surface area contributed by atoms with Crippen LogP contribution in [0.15, 0.2) is 0 Å². The van der Waals surface area contributed by atoms with Crippen LogP contribution in [0, 0.1) is 0 Å². The van der Waals surface area contributed by atoms with Gasteiger partial charge in [0.25, 0.3) is 0 Å². The van der Waals surface area contributed by atoms with Crippen LogP contribution in [-0.2, 0) is 9.53 Å². The van der Waals surface area contributed by atoms with Crippen molar-refractivity contribution in [1.29, 1.82) is 0 Å². The molecule has 1 heterocycles. The van der Waals surface area contributed by atoms with Gasteiger partial charge < -0.3 is 0 Å². The number of halogens is 6. The van der Waals surface area contributed by atoms with Crippen LogP contribution in [0.2, 0.25) is 22.0 Å². The van der Waals surface area contributed by atoms with Crippen molar-refractivity contribution in [1.82, 2.24) is 0 Å². The number of esters is 1. The molecule has 0 N–H and O–H groups in total. The molecule has 0 radical (unpaired) electrons. The molecule has 0 bridgehead atoms. The number of rotatable bonds is 3. The third kappa shape index (κ3) is 2.16. The van der Waals surface area contributed by atoms with Crippen LogP contribution < -0.4 is 0 Å². The van der Waals surface area contributed by atoms with Crippen molar-refractivity contribution in [3.8, 4) is 0 Å². The van der Waals surface area contributed by atoms with Crippen LogP contribution in [-0.4, -0.2) is 35.6 Å². The second-order valence-electron chi connectivity index (χ2n) is 4.95. The molecule has 0 aromatic heterocycles. The van der Waals surface area contributed by atoms with E-state index in [-0.39, 0.29) is 0 Å². The Bertz CT molecular complexity index is 331. The predicted octanol–water partition coefficient (Wildman–Crippen LogP) is 3.65. The number of cyclic esters (lactones) is 1. The third-order valence-corrected chi connectivity index (χ3v) is 8.16. The van der Waals surface area contributed by atoms with E-state index in [1.807, 2.05) is 0 Å². The summed E-state index contributed by atoms with van der Waals surface area (Å²) in [5.74, 6) is 3.51. The molecule has 1 atom stereocenters. The maximum atomic E-state index is 13.2. The number of ether oxygens (including phenoxy) is 1. The molecule has 1 unspecified atom stereocenters. The van der Waals surface area contributed by atoms with Crippen molar-refractivity contribution in [2.45, 2.75) is 38.4 Å². The van der Waals surface area contributed by atoms with E-state index >= 15 is 0 Å². The van der Waals surface area contributed by atoms with Gasteiger partial charge in [-0.15, -0.1) is 0 Å². The molecule has 1 fully saturated rings. The van der Waals surface area contributed by atoms with Gasteiger partial charge in [-0.05, 0) is 0 Å². The molecule has 9 heteroatoms. The Balaban J connectivity index is 3.35. The monoisotopic (exact) mass is 358 g/mol. The van der Waals surface area contributed by atoms with Crippen LogP contribution in [0.4, 0.5) is 17.6 Å². The van der Waals surface area contributed by atoms with Gasteiger partial charge in [-0.25, -0.2) is 0 Å². The summed E-state index contributed by atoms with van der Waals surface area (Å²) in [4.78, 5) is 11.2. The zero-order valence-corrected chi connectivity index (χ0v) is 12.8. The predicted molar refractivity (Wildman–Crippen MR) is 57.5 cm³/mol. The van der Waals surface area contributed by atoms with Gasteiger partial charge in [0.15, 0.2) is 0 Å². The Kier molecular flexibility index (Phi) is 3.53. The van der Waals surface area contributed by atoms with E-state index in [0.29, 0.717) is 0 Å². The van der Waals surface area contributed by atoms with Crippen molar-refractivity contribution in [2.24, 2.45) is 0 Å². The van der Waals surface area contributed by atoms with E-state index < -0.39 is 40.4 Å². The van der Waals surface area contributed by atoms with E-state index in [4.69, 9.17) is 23.2 Å². The summed E-state index contributed by atoms with van der Waals surface area (Å²) in [7, 11) is 0. The minimum atomic E-state index is -4.42. The Morgan fingerprint density at radius 2 is 1.53 bits per heavy atom. The number of carbonyl (C=O) groups excluding carboxylic acids is 1. The normalized spacial score (nSPS) is 25.2. The van der Waals surface area contributed by atoms with Crippen LogP contribution in [0.1, 0.15) is 0 Å². The van der Waals surface area contributed by atoms with Crippen molar-refractivity contribution in [2.75, 3.05) is 0 Å². The maximum absolute atomic E-state index is 13.2. The van der Waals surface area contributed by atoms with E-state index in [2.05, 4.69) is 4.74 Å². The van der Waals surface area contributed by atoms with Crippen molar-refractivity contribution in [3.63, 3.8) is 0 Å². The Labute approximate surface area is 108 Å². The summed E-state index contributed by atoms with van der Waals surface area (Å²) in [6.07, 6.45) is 0. The summed E-state index contributed by atoms with van der Waals surface area (Å²) in [5.41, 5.74) is -3.43. The van der Waals surface area contributed by atoms with Gasteiger partial charge in [-0.2, -0.15) is 0 Å². The fourth-order valence-corrected chi connectivity index (χ4v) is 7.97. The van der Waals surface area contributed by atoms with E-state index in [9.17, 15) is 22.4 Å². The molecule has 0 aliphatic carbocycles. The molecular formula is C8H10Cl2F4GeO2. The van der Waals surface area contributed by atoms with Gasteiger partial charge in [-0.1, -0.05) is 0 Å². The standard InChI is InChI=1S/C8H10Cl2F4GeO2/c1-15(2,3)4-5(16)17-6(4,7(9,11)12)8(10,13)14/h4H,1-3H3. The van der Waals surface area contributed by atoms with Crippen LogP contribution in [0.5, 0.6) is 0 Å². The van der Waals surface area contributed by atoms with E-state index in [0.717, 1.165) is 0 Å². The fourth-order valence-electron chi connectivity index (χ4n) is 1.95. The fraction of sp³-hybridized carbons (Fsp3) is 0.875. The average molecular weight is 358 g/mol. The summed E-state index contributed by atoms with van der Waals surface area (Å²) in [6, 6.07) is 0. The summed E-state index contributed by atoms with van der Waals surface area (Å²) >= 11 is 6.17. The van der Waals surface area contributed by atoms with E-state index in [1.54, 1.807) is 0 Å². The van der Waals surface area contributed by atoms with Crippen molar-refractivity contribution in [3.05, 3.63) is 0 Å². The van der Waals surface area contributed by atoms with Gasteiger partial charge in [-0.3, -0.25) is 0 Å². The molecule has 0 amide bonds. The summed E-state index contributed by atoms with van der Waals surface area (Å²) in [6.45, 7) is 0.